The smallest absolute Gasteiger partial charge is 0.337 e. The molecule has 5 nitrogen and oxygen atoms in total. The van der Waals surface area contributed by atoms with Crippen molar-refractivity contribution >= 4 is 28.5 Å². The van der Waals surface area contributed by atoms with E-state index in [9.17, 15) is 4.79 Å². The van der Waals surface area contributed by atoms with Crippen molar-refractivity contribution in [3.05, 3.63) is 53.6 Å². The standard InChI is InChI=1S/C14H10ClN3O2/c1-20-13(19)10-2-3-11-9(8-10)5-7-18(11)12-4-6-16-14(15)17-12/h2-8H,1H3. The van der Waals surface area contributed by atoms with Gasteiger partial charge in [0.1, 0.15) is 5.82 Å². The average molecular weight is 288 g/mol. The number of fused-ring (bicyclic) bond motifs is 1. The van der Waals surface area contributed by atoms with Crippen LogP contribution in [-0.2, 0) is 4.74 Å². The molecule has 0 saturated heterocycles. The summed E-state index contributed by atoms with van der Waals surface area (Å²) in [5.41, 5.74) is 1.44. The Morgan fingerprint density at radius 2 is 2.15 bits per heavy atom. The Bertz CT molecular complexity index is 798. The van der Waals surface area contributed by atoms with E-state index < -0.39 is 0 Å². The van der Waals surface area contributed by atoms with Gasteiger partial charge in [0.05, 0.1) is 18.2 Å². The SMILES string of the molecule is COC(=O)c1ccc2c(ccn2-c2ccnc(Cl)n2)c1. The highest BCUT2D eigenvalue weighted by Gasteiger charge is 2.09. The Kier molecular flexibility index (Phi) is 3.12. The molecule has 0 bridgehead atoms. The quantitative estimate of drug-likeness (QED) is 0.537. The zero-order chi connectivity index (χ0) is 14.1. The van der Waals surface area contributed by atoms with E-state index in [1.54, 1.807) is 24.4 Å². The van der Waals surface area contributed by atoms with Gasteiger partial charge in [-0.05, 0) is 41.9 Å². The average Bonchev–Trinajstić information content (AvgIpc) is 2.89. The fourth-order valence-electron chi connectivity index (χ4n) is 2.05. The van der Waals surface area contributed by atoms with Crippen LogP contribution in [0.4, 0.5) is 0 Å². The number of aromatic nitrogens is 3. The molecule has 20 heavy (non-hydrogen) atoms. The van der Waals surface area contributed by atoms with Gasteiger partial charge >= 0.3 is 5.97 Å². The number of halogens is 1. The largest absolute Gasteiger partial charge is 0.465 e. The van der Waals surface area contributed by atoms with Crippen molar-refractivity contribution in [1.29, 1.82) is 0 Å². The maximum Gasteiger partial charge on any atom is 0.337 e. The number of rotatable bonds is 2. The minimum Gasteiger partial charge on any atom is -0.465 e. The van der Waals surface area contributed by atoms with Crippen LogP contribution in [0.25, 0.3) is 16.7 Å². The van der Waals surface area contributed by atoms with Crippen molar-refractivity contribution < 1.29 is 9.53 Å². The van der Waals surface area contributed by atoms with Crippen molar-refractivity contribution in [3.8, 4) is 5.82 Å². The van der Waals surface area contributed by atoms with Crippen LogP contribution in [0.15, 0.2) is 42.7 Å². The first kappa shape index (κ1) is 12.6. The van der Waals surface area contributed by atoms with Crippen LogP contribution < -0.4 is 0 Å². The van der Waals surface area contributed by atoms with Gasteiger partial charge in [-0.15, -0.1) is 0 Å². The predicted molar refractivity (Wildman–Crippen MR) is 75.2 cm³/mol. The third-order valence-electron chi connectivity index (χ3n) is 2.97. The molecule has 0 N–H and O–H groups in total. The van der Waals surface area contributed by atoms with Gasteiger partial charge < -0.3 is 9.30 Å². The maximum absolute atomic E-state index is 11.5. The van der Waals surface area contributed by atoms with Crippen molar-refractivity contribution in [3.63, 3.8) is 0 Å². The third-order valence-corrected chi connectivity index (χ3v) is 3.15. The lowest BCUT2D eigenvalue weighted by Gasteiger charge is -2.05. The fourth-order valence-corrected chi connectivity index (χ4v) is 2.19. The minimum atomic E-state index is -0.357. The molecule has 0 spiro atoms. The van der Waals surface area contributed by atoms with Gasteiger partial charge in [0.25, 0.3) is 0 Å². The molecule has 6 heteroatoms. The van der Waals surface area contributed by atoms with Crippen LogP contribution >= 0.6 is 11.6 Å². The summed E-state index contributed by atoms with van der Waals surface area (Å²) in [5.74, 6) is 0.315. The normalized spacial score (nSPS) is 10.7. The lowest BCUT2D eigenvalue weighted by molar-refractivity contribution is 0.0601. The number of ether oxygens (including phenoxy) is 1. The first-order valence-electron chi connectivity index (χ1n) is 5.87. The Morgan fingerprint density at radius 1 is 1.30 bits per heavy atom. The highest BCUT2D eigenvalue weighted by molar-refractivity contribution is 6.28. The summed E-state index contributed by atoms with van der Waals surface area (Å²) in [6.45, 7) is 0. The molecule has 2 aromatic heterocycles. The summed E-state index contributed by atoms with van der Waals surface area (Å²) < 4.78 is 6.59. The molecular weight excluding hydrogens is 278 g/mol. The van der Waals surface area contributed by atoms with Gasteiger partial charge in [-0.25, -0.2) is 9.78 Å². The highest BCUT2D eigenvalue weighted by Crippen LogP contribution is 2.21. The molecule has 1 aromatic carbocycles. The number of hydrogen-bond donors (Lipinski definition) is 0. The second-order valence-corrected chi connectivity index (χ2v) is 4.47. The summed E-state index contributed by atoms with van der Waals surface area (Å²) in [6.07, 6.45) is 3.46. The summed E-state index contributed by atoms with van der Waals surface area (Å²) in [6, 6.07) is 9.00. The van der Waals surface area contributed by atoms with Crippen molar-refractivity contribution in [1.82, 2.24) is 14.5 Å². The number of benzene rings is 1. The molecule has 0 unspecified atom stereocenters. The summed E-state index contributed by atoms with van der Waals surface area (Å²) in [5, 5.41) is 1.11. The van der Waals surface area contributed by atoms with E-state index >= 15 is 0 Å². The maximum atomic E-state index is 11.5. The molecule has 0 aliphatic carbocycles. The molecule has 0 amide bonds. The second-order valence-electron chi connectivity index (χ2n) is 4.13. The van der Waals surface area contributed by atoms with Gasteiger partial charge in [-0.2, -0.15) is 4.98 Å². The minimum absolute atomic E-state index is 0.190. The summed E-state index contributed by atoms with van der Waals surface area (Å²) in [7, 11) is 1.36. The number of methoxy groups -OCH3 is 1. The van der Waals surface area contributed by atoms with Crippen molar-refractivity contribution in [2.24, 2.45) is 0 Å². The van der Waals surface area contributed by atoms with Gasteiger partial charge in [0.15, 0.2) is 0 Å². The predicted octanol–water partition coefficient (Wildman–Crippen LogP) is 2.86. The second kappa shape index (κ2) is 4.94. The topological polar surface area (TPSA) is 57.0 Å². The summed E-state index contributed by atoms with van der Waals surface area (Å²) >= 11 is 5.80. The Balaban J connectivity index is 2.13. The van der Waals surface area contributed by atoms with Crippen LogP contribution in [0.2, 0.25) is 5.28 Å². The molecule has 2 heterocycles. The number of hydrogen-bond acceptors (Lipinski definition) is 4. The van der Waals surface area contributed by atoms with E-state index in [2.05, 4.69) is 9.97 Å². The zero-order valence-electron chi connectivity index (χ0n) is 10.6. The molecule has 100 valence electrons. The molecular formula is C14H10ClN3O2. The Hall–Kier alpha value is -2.40. The monoisotopic (exact) mass is 287 g/mol. The molecule has 3 aromatic rings. The Morgan fingerprint density at radius 3 is 2.90 bits per heavy atom. The lowest BCUT2D eigenvalue weighted by Crippen LogP contribution is -2.01. The van der Waals surface area contributed by atoms with Gasteiger partial charge in [0.2, 0.25) is 5.28 Å². The van der Waals surface area contributed by atoms with E-state index in [0.29, 0.717) is 11.4 Å². The number of esters is 1. The van der Waals surface area contributed by atoms with Crippen molar-refractivity contribution in [2.45, 2.75) is 0 Å². The lowest BCUT2D eigenvalue weighted by atomic mass is 10.1. The molecule has 0 aliphatic heterocycles. The molecule has 0 fully saturated rings. The number of carbonyl (C=O) groups excluding carboxylic acids is 1. The van der Waals surface area contributed by atoms with Gasteiger partial charge in [-0.1, -0.05) is 0 Å². The number of nitrogens with zero attached hydrogens (tertiary/aromatic N) is 3. The van der Waals surface area contributed by atoms with Gasteiger partial charge in [0, 0.05) is 17.8 Å². The van der Waals surface area contributed by atoms with Crippen LogP contribution in [0.5, 0.6) is 0 Å². The zero-order valence-corrected chi connectivity index (χ0v) is 11.3. The Labute approximate surface area is 119 Å². The van der Waals surface area contributed by atoms with E-state index in [-0.39, 0.29) is 11.3 Å². The first-order valence-corrected chi connectivity index (χ1v) is 6.25. The van der Waals surface area contributed by atoms with Gasteiger partial charge in [-0.3, -0.25) is 0 Å². The van der Waals surface area contributed by atoms with Crippen LogP contribution in [-0.4, -0.2) is 27.6 Å². The highest BCUT2D eigenvalue weighted by atomic mass is 35.5. The molecule has 3 rings (SSSR count). The van der Waals surface area contributed by atoms with E-state index in [1.165, 1.54) is 7.11 Å². The number of carbonyl (C=O) groups is 1. The van der Waals surface area contributed by atoms with E-state index in [4.69, 9.17) is 16.3 Å². The third kappa shape index (κ3) is 2.12. The first-order chi connectivity index (χ1) is 9.69. The van der Waals surface area contributed by atoms with E-state index in [1.807, 2.05) is 22.9 Å². The van der Waals surface area contributed by atoms with Crippen molar-refractivity contribution in [2.75, 3.05) is 7.11 Å². The molecule has 0 saturated carbocycles. The van der Waals surface area contributed by atoms with Crippen LogP contribution in [0, 0.1) is 0 Å². The molecule has 0 atom stereocenters. The van der Waals surface area contributed by atoms with Crippen LogP contribution in [0.3, 0.4) is 0 Å². The molecule has 0 radical (unpaired) electrons. The summed E-state index contributed by atoms with van der Waals surface area (Å²) in [4.78, 5) is 19.5. The fraction of sp³-hybridized carbons (Fsp3) is 0.0714. The van der Waals surface area contributed by atoms with Crippen LogP contribution in [0.1, 0.15) is 10.4 Å². The molecule has 0 aliphatic rings. The van der Waals surface area contributed by atoms with E-state index in [0.717, 1.165) is 10.9 Å².